The minimum Gasteiger partial charge on any atom is -0.375 e. The van der Waals surface area contributed by atoms with Crippen molar-refractivity contribution in [2.24, 2.45) is 7.05 Å². The SMILES string of the molecule is CN(Cc1csc(C(C)(O)C(F)(F)F)n1)C(=O)c1c(N(C)C=O)ncn1C. The Balaban J connectivity index is 2.22. The average Bonchev–Trinajstić information content (AvgIpc) is 3.19. The molecule has 0 saturated carbocycles. The van der Waals surface area contributed by atoms with Gasteiger partial charge in [0.25, 0.3) is 5.91 Å². The molecule has 8 nitrogen and oxygen atoms in total. The number of aromatic nitrogens is 3. The van der Waals surface area contributed by atoms with Crippen LogP contribution < -0.4 is 4.90 Å². The van der Waals surface area contributed by atoms with E-state index in [0.29, 0.717) is 24.7 Å². The van der Waals surface area contributed by atoms with E-state index >= 15 is 0 Å². The average molecular weight is 405 g/mol. The van der Waals surface area contributed by atoms with E-state index in [4.69, 9.17) is 0 Å². The summed E-state index contributed by atoms with van der Waals surface area (Å²) in [6.07, 6.45) is -2.99. The predicted molar refractivity (Wildman–Crippen MR) is 91.2 cm³/mol. The molecule has 2 heterocycles. The summed E-state index contributed by atoms with van der Waals surface area (Å²) in [5.41, 5.74) is -2.73. The van der Waals surface area contributed by atoms with Crippen LogP contribution in [0.2, 0.25) is 0 Å². The molecule has 27 heavy (non-hydrogen) atoms. The molecule has 2 rings (SSSR count). The van der Waals surface area contributed by atoms with Crippen LogP contribution in [0.1, 0.15) is 28.1 Å². The van der Waals surface area contributed by atoms with Gasteiger partial charge in [-0.25, -0.2) is 9.97 Å². The van der Waals surface area contributed by atoms with E-state index in [0.717, 1.165) is 4.90 Å². The monoisotopic (exact) mass is 405 g/mol. The molecule has 0 aliphatic rings. The van der Waals surface area contributed by atoms with Crippen LogP contribution >= 0.6 is 11.3 Å². The number of aliphatic hydroxyl groups is 1. The number of anilines is 1. The molecule has 0 aromatic carbocycles. The number of thiazole rings is 1. The van der Waals surface area contributed by atoms with E-state index in [-0.39, 0.29) is 23.8 Å². The topological polar surface area (TPSA) is 91.6 Å². The number of halogens is 3. The van der Waals surface area contributed by atoms with Gasteiger partial charge in [0.1, 0.15) is 5.01 Å². The number of aryl methyl sites for hydroxylation is 1. The van der Waals surface area contributed by atoms with Crippen molar-refractivity contribution in [3.63, 3.8) is 0 Å². The maximum Gasteiger partial charge on any atom is 0.423 e. The number of hydrogen-bond donors (Lipinski definition) is 1. The fraction of sp³-hybridized carbons (Fsp3) is 0.467. The summed E-state index contributed by atoms with van der Waals surface area (Å²) in [7, 11) is 4.47. The largest absolute Gasteiger partial charge is 0.423 e. The summed E-state index contributed by atoms with van der Waals surface area (Å²) in [5.74, 6) is -0.334. The third-order valence-corrected chi connectivity index (χ3v) is 4.98. The lowest BCUT2D eigenvalue weighted by atomic mass is 10.1. The Morgan fingerprint density at radius 2 is 2.04 bits per heavy atom. The highest BCUT2D eigenvalue weighted by Crippen LogP contribution is 2.39. The third-order valence-electron chi connectivity index (χ3n) is 3.88. The van der Waals surface area contributed by atoms with Gasteiger partial charge in [-0.05, 0) is 6.92 Å². The van der Waals surface area contributed by atoms with Crippen LogP contribution in [-0.2, 0) is 24.0 Å². The molecule has 0 bridgehead atoms. The van der Waals surface area contributed by atoms with Crippen molar-refractivity contribution in [3.8, 4) is 0 Å². The fourth-order valence-corrected chi connectivity index (χ4v) is 3.08. The van der Waals surface area contributed by atoms with Gasteiger partial charge in [0, 0.05) is 26.5 Å². The standard InChI is InChI=1S/C15H18F3N5O3S/c1-14(26,15(16,17)18)13-20-9(6-27-13)5-21(2)12(25)10-11(23(4)8-24)19-7-22(10)3/h6-8,26H,5H2,1-4H3. The number of imidazole rings is 1. The molecule has 12 heteroatoms. The summed E-state index contributed by atoms with van der Waals surface area (Å²) in [6, 6.07) is 0. The van der Waals surface area contributed by atoms with E-state index in [1.54, 1.807) is 7.05 Å². The van der Waals surface area contributed by atoms with E-state index in [2.05, 4.69) is 9.97 Å². The Hall–Kier alpha value is -2.47. The molecule has 0 fully saturated rings. The van der Waals surface area contributed by atoms with Crippen LogP contribution in [0, 0.1) is 0 Å². The highest BCUT2D eigenvalue weighted by Gasteiger charge is 2.53. The van der Waals surface area contributed by atoms with Gasteiger partial charge in [-0.2, -0.15) is 13.2 Å². The lowest BCUT2D eigenvalue weighted by Gasteiger charge is -2.23. The molecule has 0 spiro atoms. The molecule has 1 unspecified atom stereocenters. The minimum atomic E-state index is -4.87. The number of amides is 2. The highest BCUT2D eigenvalue weighted by molar-refractivity contribution is 7.09. The Morgan fingerprint density at radius 1 is 1.41 bits per heavy atom. The van der Waals surface area contributed by atoms with Crippen molar-refractivity contribution in [2.45, 2.75) is 25.2 Å². The highest BCUT2D eigenvalue weighted by atomic mass is 32.1. The Bertz CT molecular complexity index is 846. The Labute approximate surface area is 156 Å². The minimum absolute atomic E-state index is 0.0846. The van der Waals surface area contributed by atoms with Gasteiger partial charge in [0.15, 0.2) is 11.5 Å². The van der Waals surface area contributed by atoms with Crippen molar-refractivity contribution in [2.75, 3.05) is 19.0 Å². The molecule has 148 valence electrons. The molecule has 2 aromatic heterocycles. The van der Waals surface area contributed by atoms with Crippen LogP contribution in [0.5, 0.6) is 0 Å². The van der Waals surface area contributed by atoms with E-state index < -0.39 is 22.7 Å². The Morgan fingerprint density at radius 3 is 2.59 bits per heavy atom. The molecule has 0 aliphatic heterocycles. The lowest BCUT2D eigenvalue weighted by Crippen LogP contribution is -2.39. The summed E-state index contributed by atoms with van der Waals surface area (Å²) in [5, 5.41) is 10.5. The molecule has 2 amide bonds. The molecule has 2 aromatic rings. The molecular weight excluding hydrogens is 387 g/mol. The van der Waals surface area contributed by atoms with E-state index in [1.807, 2.05) is 0 Å². The van der Waals surface area contributed by atoms with Gasteiger partial charge in [-0.15, -0.1) is 11.3 Å². The van der Waals surface area contributed by atoms with E-state index in [1.165, 1.54) is 35.3 Å². The normalized spacial score (nSPS) is 13.9. The number of rotatable bonds is 6. The summed E-state index contributed by atoms with van der Waals surface area (Å²) >= 11 is 0.658. The molecule has 0 aliphatic carbocycles. The van der Waals surface area contributed by atoms with Gasteiger partial charge < -0.3 is 19.5 Å². The second kappa shape index (κ2) is 7.27. The number of nitrogens with zero attached hydrogens (tertiary/aromatic N) is 5. The van der Waals surface area contributed by atoms with Crippen molar-refractivity contribution in [1.82, 2.24) is 19.4 Å². The third kappa shape index (κ3) is 3.95. The van der Waals surface area contributed by atoms with Crippen LogP contribution in [-0.4, -0.2) is 57.1 Å². The fourth-order valence-electron chi connectivity index (χ4n) is 2.19. The zero-order valence-corrected chi connectivity index (χ0v) is 15.8. The number of carbonyl (C=O) groups is 2. The maximum atomic E-state index is 12.9. The summed E-state index contributed by atoms with van der Waals surface area (Å²) < 4.78 is 40.2. The van der Waals surface area contributed by atoms with Crippen LogP contribution in [0.4, 0.5) is 19.0 Å². The predicted octanol–water partition coefficient (Wildman–Crippen LogP) is 1.51. The Kier molecular flexibility index (Phi) is 5.61. The molecular formula is C15H18F3N5O3S. The van der Waals surface area contributed by atoms with Crippen molar-refractivity contribution < 1.29 is 27.9 Å². The number of alkyl halides is 3. The number of hydrogen-bond acceptors (Lipinski definition) is 6. The van der Waals surface area contributed by atoms with Gasteiger partial charge in [-0.1, -0.05) is 0 Å². The second-order valence-corrected chi connectivity index (χ2v) is 6.98. The quantitative estimate of drug-likeness (QED) is 0.736. The van der Waals surface area contributed by atoms with E-state index in [9.17, 15) is 27.9 Å². The zero-order valence-electron chi connectivity index (χ0n) is 15.0. The molecule has 0 saturated heterocycles. The van der Waals surface area contributed by atoms with Gasteiger partial charge in [0.2, 0.25) is 12.0 Å². The first-order chi connectivity index (χ1) is 12.4. The first-order valence-corrected chi connectivity index (χ1v) is 8.47. The van der Waals surface area contributed by atoms with Gasteiger partial charge in [-0.3, -0.25) is 9.59 Å². The molecule has 1 N–H and O–H groups in total. The first-order valence-electron chi connectivity index (χ1n) is 7.59. The van der Waals surface area contributed by atoms with Crippen molar-refractivity contribution >= 4 is 29.5 Å². The molecule has 0 radical (unpaired) electrons. The second-order valence-electron chi connectivity index (χ2n) is 6.12. The lowest BCUT2D eigenvalue weighted by molar-refractivity contribution is -0.258. The van der Waals surface area contributed by atoms with Crippen LogP contribution in [0.15, 0.2) is 11.7 Å². The number of carbonyl (C=O) groups excluding carboxylic acids is 2. The smallest absolute Gasteiger partial charge is 0.375 e. The summed E-state index contributed by atoms with van der Waals surface area (Å²) in [6.45, 7) is 0.542. The van der Waals surface area contributed by atoms with Crippen LogP contribution in [0.3, 0.4) is 0 Å². The molecule has 1 atom stereocenters. The van der Waals surface area contributed by atoms with Crippen molar-refractivity contribution in [3.05, 3.63) is 28.1 Å². The summed E-state index contributed by atoms with van der Waals surface area (Å²) in [4.78, 5) is 33.9. The first kappa shape index (κ1) is 20.8. The van der Waals surface area contributed by atoms with Crippen LogP contribution in [0.25, 0.3) is 0 Å². The maximum absolute atomic E-state index is 12.9. The zero-order chi connectivity index (χ0) is 20.6. The van der Waals surface area contributed by atoms with Crippen molar-refractivity contribution in [1.29, 1.82) is 0 Å². The van der Waals surface area contributed by atoms with Gasteiger partial charge in [0.05, 0.1) is 18.6 Å². The van der Waals surface area contributed by atoms with Gasteiger partial charge >= 0.3 is 6.18 Å².